The van der Waals surface area contributed by atoms with Crippen LogP contribution in [0.1, 0.15) is 52.4 Å². The van der Waals surface area contributed by atoms with Gasteiger partial charge in [-0.15, -0.1) is 0 Å². The van der Waals surface area contributed by atoms with Crippen molar-refractivity contribution in [3.8, 4) is 0 Å². The summed E-state index contributed by atoms with van der Waals surface area (Å²) in [5.74, 6) is 1.92. The van der Waals surface area contributed by atoms with Gasteiger partial charge < -0.3 is 15.1 Å². The first-order valence-electron chi connectivity index (χ1n) is 12.5. The number of carbonyl (C=O) groups is 3. The third-order valence-corrected chi connectivity index (χ3v) is 8.19. The van der Waals surface area contributed by atoms with Crippen LogP contribution in [0, 0.1) is 29.6 Å². The van der Waals surface area contributed by atoms with E-state index in [1.54, 1.807) is 0 Å². The number of nitrogens with one attached hydrogen (secondary N) is 1. The molecular formula is C25H40N4O3. The number of imide groups is 1. The van der Waals surface area contributed by atoms with E-state index in [0.29, 0.717) is 56.3 Å². The van der Waals surface area contributed by atoms with Crippen molar-refractivity contribution in [2.24, 2.45) is 29.6 Å². The molecule has 0 unspecified atom stereocenters. The lowest BCUT2D eigenvalue weighted by Crippen LogP contribution is -2.57. The first kappa shape index (κ1) is 23.3. The van der Waals surface area contributed by atoms with Crippen LogP contribution in [0.15, 0.2) is 12.2 Å². The van der Waals surface area contributed by atoms with E-state index in [0.717, 1.165) is 32.1 Å². The number of likely N-dealkylation sites (N-methyl/N-ethyl adjacent to an activating group) is 1. The molecule has 2 saturated heterocycles. The van der Waals surface area contributed by atoms with E-state index in [9.17, 15) is 14.4 Å². The topological polar surface area (TPSA) is 73.0 Å². The van der Waals surface area contributed by atoms with Gasteiger partial charge in [0.1, 0.15) is 5.54 Å². The number of nitrogens with zero attached hydrogens (tertiary/aromatic N) is 3. The summed E-state index contributed by atoms with van der Waals surface area (Å²) in [6, 6.07) is -0.257. The average Bonchev–Trinajstić information content (AvgIpc) is 3.45. The van der Waals surface area contributed by atoms with Crippen LogP contribution in [-0.4, -0.2) is 78.4 Å². The number of carbonyl (C=O) groups excluding carboxylic acids is 3. The van der Waals surface area contributed by atoms with Gasteiger partial charge in [0.25, 0.3) is 5.91 Å². The molecule has 4 rings (SSSR count). The lowest BCUT2D eigenvalue weighted by molar-refractivity contribution is -0.139. The second-order valence-electron chi connectivity index (χ2n) is 11.1. The van der Waals surface area contributed by atoms with Crippen LogP contribution < -0.4 is 5.32 Å². The molecule has 4 aliphatic rings. The van der Waals surface area contributed by atoms with Gasteiger partial charge in [-0.05, 0) is 76.3 Å². The zero-order chi connectivity index (χ0) is 23.0. The summed E-state index contributed by atoms with van der Waals surface area (Å²) >= 11 is 0. The number of amides is 4. The molecule has 0 aromatic carbocycles. The Kier molecular flexibility index (Phi) is 6.66. The van der Waals surface area contributed by atoms with Gasteiger partial charge in [0.2, 0.25) is 5.91 Å². The molecule has 0 aromatic heterocycles. The molecule has 2 heterocycles. The fourth-order valence-corrected chi connectivity index (χ4v) is 6.21. The summed E-state index contributed by atoms with van der Waals surface area (Å²) in [6.07, 6.45) is 9.74. The third kappa shape index (κ3) is 4.33. The second kappa shape index (κ2) is 9.16. The Morgan fingerprint density at radius 2 is 1.91 bits per heavy atom. The predicted octanol–water partition coefficient (Wildman–Crippen LogP) is 2.73. The second-order valence-corrected chi connectivity index (χ2v) is 11.1. The van der Waals surface area contributed by atoms with E-state index in [-0.39, 0.29) is 23.8 Å². The number of fused-ring (bicyclic) bond motifs is 2. The van der Waals surface area contributed by atoms with Crippen molar-refractivity contribution in [1.29, 1.82) is 0 Å². The van der Waals surface area contributed by atoms with E-state index >= 15 is 0 Å². The fraction of sp³-hybridized carbons (Fsp3) is 0.800. The number of rotatable bonds is 8. The lowest BCUT2D eigenvalue weighted by atomic mass is 9.73. The van der Waals surface area contributed by atoms with E-state index in [1.165, 1.54) is 4.90 Å². The Morgan fingerprint density at radius 1 is 1.19 bits per heavy atom. The lowest BCUT2D eigenvalue weighted by Gasteiger charge is -2.42. The molecule has 2 aliphatic carbocycles. The minimum Gasteiger partial charge on any atom is -0.342 e. The number of piperidine rings is 1. The zero-order valence-electron chi connectivity index (χ0n) is 20.2. The van der Waals surface area contributed by atoms with Gasteiger partial charge >= 0.3 is 6.03 Å². The Hall–Kier alpha value is -1.89. The monoisotopic (exact) mass is 444 g/mol. The number of urea groups is 1. The van der Waals surface area contributed by atoms with Crippen molar-refractivity contribution >= 4 is 17.8 Å². The standard InChI is InChI=1S/C25H40N4O3/c1-17(2)7-10-25(23(31)29(24(32)26-25)14-13-27(3)4)20-8-11-28(12-9-20)22(30)21-16-18-5-6-19(21)15-18/h5-6,17-21H,7-16H2,1-4H3,(H,26,32)/t18-,19+,21-,25-/m1/s1. The molecule has 3 fully saturated rings. The predicted molar refractivity (Wildman–Crippen MR) is 124 cm³/mol. The Balaban J connectivity index is 1.44. The maximum Gasteiger partial charge on any atom is 0.325 e. The molecule has 2 bridgehead atoms. The van der Waals surface area contributed by atoms with Crippen LogP contribution in [0.3, 0.4) is 0 Å². The van der Waals surface area contributed by atoms with Gasteiger partial charge in [-0.2, -0.15) is 0 Å². The highest BCUT2D eigenvalue weighted by atomic mass is 16.2. The molecule has 2 aliphatic heterocycles. The highest BCUT2D eigenvalue weighted by Crippen LogP contribution is 2.45. The van der Waals surface area contributed by atoms with Gasteiger partial charge in [0, 0.05) is 32.1 Å². The first-order valence-corrected chi connectivity index (χ1v) is 12.5. The van der Waals surface area contributed by atoms with Gasteiger partial charge in [0.15, 0.2) is 0 Å². The Labute approximate surface area is 192 Å². The molecule has 1 N–H and O–H groups in total. The first-order chi connectivity index (χ1) is 15.2. The van der Waals surface area contributed by atoms with Crippen molar-refractivity contribution < 1.29 is 14.4 Å². The minimum absolute atomic E-state index is 0.0620. The van der Waals surface area contributed by atoms with Crippen molar-refractivity contribution in [2.75, 3.05) is 40.3 Å². The molecule has 7 nitrogen and oxygen atoms in total. The van der Waals surface area contributed by atoms with Crippen LogP contribution in [0.25, 0.3) is 0 Å². The summed E-state index contributed by atoms with van der Waals surface area (Å²) in [5, 5.41) is 3.14. The van der Waals surface area contributed by atoms with Crippen molar-refractivity contribution in [3.63, 3.8) is 0 Å². The molecule has 4 amide bonds. The number of hydrogen-bond acceptors (Lipinski definition) is 4. The Bertz CT molecular complexity index is 771. The highest BCUT2D eigenvalue weighted by Gasteiger charge is 2.55. The summed E-state index contributed by atoms with van der Waals surface area (Å²) < 4.78 is 0. The largest absolute Gasteiger partial charge is 0.342 e. The summed E-state index contributed by atoms with van der Waals surface area (Å²) in [4.78, 5) is 45.0. The molecule has 7 heteroatoms. The van der Waals surface area contributed by atoms with E-state index < -0.39 is 5.54 Å². The van der Waals surface area contributed by atoms with Gasteiger partial charge in [-0.1, -0.05) is 26.0 Å². The number of likely N-dealkylation sites (tertiary alicyclic amines) is 1. The number of hydrogen-bond donors (Lipinski definition) is 1. The summed E-state index contributed by atoms with van der Waals surface area (Å²) in [6.45, 7) is 6.75. The van der Waals surface area contributed by atoms with Crippen LogP contribution in [0.5, 0.6) is 0 Å². The smallest absolute Gasteiger partial charge is 0.325 e. The molecule has 178 valence electrons. The van der Waals surface area contributed by atoms with Crippen LogP contribution >= 0.6 is 0 Å². The van der Waals surface area contributed by atoms with Crippen molar-refractivity contribution in [1.82, 2.24) is 20.0 Å². The SMILES string of the molecule is CC(C)CC[C@]1(C2CCN(C(=O)[C@@H]3C[C@@H]4C=C[C@H]3C4)CC2)NC(=O)N(CCN(C)C)C1=O. The fourth-order valence-electron chi connectivity index (χ4n) is 6.21. The van der Waals surface area contributed by atoms with Gasteiger partial charge in [0.05, 0.1) is 0 Å². The summed E-state index contributed by atoms with van der Waals surface area (Å²) in [5.41, 5.74) is -0.821. The van der Waals surface area contributed by atoms with Crippen LogP contribution in [0.4, 0.5) is 4.79 Å². The highest BCUT2D eigenvalue weighted by molar-refractivity contribution is 6.07. The molecule has 0 radical (unpaired) electrons. The van der Waals surface area contributed by atoms with Crippen LogP contribution in [0.2, 0.25) is 0 Å². The molecule has 4 atom stereocenters. The maximum absolute atomic E-state index is 13.6. The minimum atomic E-state index is -0.821. The summed E-state index contributed by atoms with van der Waals surface area (Å²) in [7, 11) is 3.90. The molecule has 0 spiro atoms. The van der Waals surface area contributed by atoms with E-state index in [4.69, 9.17) is 0 Å². The zero-order valence-corrected chi connectivity index (χ0v) is 20.2. The van der Waals surface area contributed by atoms with E-state index in [1.807, 2.05) is 23.9 Å². The average molecular weight is 445 g/mol. The Morgan fingerprint density at radius 3 is 2.47 bits per heavy atom. The molecule has 32 heavy (non-hydrogen) atoms. The quantitative estimate of drug-likeness (QED) is 0.462. The molecular weight excluding hydrogens is 404 g/mol. The molecule has 1 saturated carbocycles. The normalized spacial score (nSPS) is 32.6. The van der Waals surface area contributed by atoms with Crippen LogP contribution in [-0.2, 0) is 9.59 Å². The van der Waals surface area contributed by atoms with Gasteiger partial charge in [-0.3, -0.25) is 14.5 Å². The molecule has 0 aromatic rings. The van der Waals surface area contributed by atoms with Crippen molar-refractivity contribution in [3.05, 3.63) is 12.2 Å². The third-order valence-electron chi connectivity index (χ3n) is 8.19. The van der Waals surface area contributed by atoms with Crippen molar-refractivity contribution in [2.45, 2.75) is 57.9 Å². The van der Waals surface area contributed by atoms with E-state index in [2.05, 4.69) is 31.3 Å². The number of allylic oxidation sites excluding steroid dienone is 2. The van der Waals surface area contributed by atoms with Gasteiger partial charge in [-0.25, -0.2) is 4.79 Å². The maximum atomic E-state index is 13.6.